The van der Waals surface area contributed by atoms with Crippen LogP contribution in [0.3, 0.4) is 0 Å². The number of sulfonamides is 1. The van der Waals surface area contributed by atoms with Gasteiger partial charge < -0.3 is 4.74 Å². The molecule has 0 amide bonds. The molecule has 25 heavy (non-hydrogen) atoms. The second-order valence-electron chi connectivity index (χ2n) is 6.71. The second-order valence-corrected chi connectivity index (χ2v) is 8.43. The topological polar surface area (TPSA) is 99.0 Å². The normalized spacial score (nSPS) is 24.2. The molecule has 2 aromatic rings. The third kappa shape index (κ3) is 3.82. The minimum absolute atomic E-state index is 0.0488. The van der Waals surface area contributed by atoms with Gasteiger partial charge in [-0.2, -0.15) is 4.68 Å². The summed E-state index contributed by atoms with van der Waals surface area (Å²) in [5, 5.41) is 11.0. The smallest absolute Gasteiger partial charge is 0.240 e. The molecule has 1 aliphatic rings. The molecule has 0 unspecified atom stereocenters. The van der Waals surface area contributed by atoms with Crippen LogP contribution in [0.25, 0.3) is 5.69 Å². The maximum absolute atomic E-state index is 12.9. The van der Waals surface area contributed by atoms with Gasteiger partial charge in [0, 0.05) is 6.04 Å². The summed E-state index contributed by atoms with van der Waals surface area (Å²) in [7, 11) is -2.13. The van der Waals surface area contributed by atoms with Crippen molar-refractivity contribution in [2.75, 3.05) is 7.11 Å². The Morgan fingerprint density at radius 3 is 2.76 bits per heavy atom. The van der Waals surface area contributed by atoms with E-state index in [1.54, 1.807) is 6.07 Å². The Balaban J connectivity index is 1.91. The molecular weight excluding hydrogens is 342 g/mol. The van der Waals surface area contributed by atoms with Gasteiger partial charge in [-0.05, 0) is 53.3 Å². The van der Waals surface area contributed by atoms with Crippen LogP contribution in [0, 0.1) is 11.8 Å². The van der Waals surface area contributed by atoms with E-state index in [1.807, 2.05) is 0 Å². The van der Waals surface area contributed by atoms with Gasteiger partial charge in [0.1, 0.15) is 17.8 Å². The first-order chi connectivity index (χ1) is 11.9. The molecule has 1 saturated carbocycles. The zero-order valence-corrected chi connectivity index (χ0v) is 15.4. The van der Waals surface area contributed by atoms with Crippen molar-refractivity contribution in [3.8, 4) is 11.4 Å². The van der Waals surface area contributed by atoms with Crippen LogP contribution in [0.1, 0.15) is 33.1 Å². The van der Waals surface area contributed by atoms with Gasteiger partial charge in [0.05, 0.1) is 12.0 Å². The number of hydrogen-bond acceptors (Lipinski definition) is 6. The summed E-state index contributed by atoms with van der Waals surface area (Å²) >= 11 is 0. The Morgan fingerprint density at radius 2 is 2.08 bits per heavy atom. The minimum atomic E-state index is -3.64. The van der Waals surface area contributed by atoms with E-state index in [-0.39, 0.29) is 10.9 Å². The highest BCUT2D eigenvalue weighted by atomic mass is 32.2. The number of benzene rings is 1. The molecule has 0 bridgehead atoms. The number of ether oxygens (including phenoxy) is 1. The summed E-state index contributed by atoms with van der Waals surface area (Å²) in [6, 6.07) is 4.62. The highest BCUT2D eigenvalue weighted by Gasteiger charge is 2.30. The standard InChI is InChI=1S/C16H23N5O3S/c1-11-4-5-12(2)14(8-11)18-25(22,23)13-6-7-16(24-3)15(9-13)21-10-17-19-20-21/h6-7,9-12,14,18H,4-5,8H2,1-3H3/t11-,12-,14+/m0/s1. The lowest BCUT2D eigenvalue weighted by Gasteiger charge is -2.33. The van der Waals surface area contributed by atoms with Crippen LogP contribution in [-0.2, 0) is 10.0 Å². The Labute approximate surface area is 147 Å². The molecule has 1 aliphatic carbocycles. The number of hydrogen-bond donors (Lipinski definition) is 1. The number of rotatable bonds is 5. The molecule has 1 heterocycles. The largest absolute Gasteiger partial charge is 0.494 e. The molecule has 1 fully saturated rings. The lowest BCUT2D eigenvalue weighted by Crippen LogP contribution is -2.42. The molecule has 0 radical (unpaired) electrons. The fourth-order valence-electron chi connectivity index (χ4n) is 3.25. The van der Waals surface area contributed by atoms with Gasteiger partial charge >= 0.3 is 0 Å². The zero-order chi connectivity index (χ0) is 18.0. The Bertz CT molecular complexity index is 822. The first-order valence-electron chi connectivity index (χ1n) is 8.34. The summed E-state index contributed by atoms with van der Waals surface area (Å²) in [5.41, 5.74) is 0.473. The van der Waals surface area contributed by atoms with Crippen LogP contribution in [-0.4, -0.2) is 41.8 Å². The van der Waals surface area contributed by atoms with Gasteiger partial charge in [-0.15, -0.1) is 5.10 Å². The Hall–Kier alpha value is -2.00. The monoisotopic (exact) mass is 365 g/mol. The predicted molar refractivity (Wildman–Crippen MR) is 92.0 cm³/mol. The van der Waals surface area contributed by atoms with Crippen molar-refractivity contribution in [2.24, 2.45) is 11.8 Å². The highest BCUT2D eigenvalue weighted by Crippen LogP contribution is 2.30. The van der Waals surface area contributed by atoms with Crippen LogP contribution >= 0.6 is 0 Å². The molecule has 0 saturated heterocycles. The summed E-state index contributed by atoms with van der Waals surface area (Å²) in [4.78, 5) is 0.171. The molecule has 1 aromatic heterocycles. The van der Waals surface area contributed by atoms with E-state index in [0.29, 0.717) is 23.3 Å². The van der Waals surface area contributed by atoms with Gasteiger partial charge in [0.15, 0.2) is 0 Å². The van der Waals surface area contributed by atoms with Crippen molar-refractivity contribution >= 4 is 10.0 Å². The Morgan fingerprint density at radius 1 is 1.28 bits per heavy atom. The van der Waals surface area contributed by atoms with Crippen molar-refractivity contribution in [3.05, 3.63) is 24.5 Å². The minimum Gasteiger partial charge on any atom is -0.494 e. The van der Waals surface area contributed by atoms with Gasteiger partial charge in [0.25, 0.3) is 0 Å². The summed E-state index contributed by atoms with van der Waals surface area (Å²) in [6.07, 6.45) is 4.43. The molecule has 1 N–H and O–H groups in total. The quantitative estimate of drug-likeness (QED) is 0.867. The van der Waals surface area contributed by atoms with Crippen molar-refractivity contribution in [3.63, 3.8) is 0 Å². The van der Waals surface area contributed by atoms with E-state index < -0.39 is 10.0 Å². The average Bonchev–Trinajstić information content (AvgIpc) is 3.11. The van der Waals surface area contributed by atoms with E-state index in [4.69, 9.17) is 4.74 Å². The number of aromatic nitrogens is 4. The van der Waals surface area contributed by atoms with E-state index >= 15 is 0 Å². The van der Waals surface area contributed by atoms with E-state index in [9.17, 15) is 8.42 Å². The van der Waals surface area contributed by atoms with Gasteiger partial charge in [-0.1, -0.05) is 20.3 Å². The van der Waals surface area contributed by atoms with E-state index in [1.165, 1.54) is 30.3 Å². The van der Waals surface area contributed by atoms with E-state index in [0.717, 1.165) is 19.3 Å². The van der Waals surface area contributed by atoms with Gasteiger partial charge in [-0.25, -0.2) is 13.1 Å². The van der Waals surface area contributed by atoms with Crippen LogP contribution in [0.2, 0.25) is 0 Å². The fraction of sp³-hybridized carbons (Fsp3) is 0.562. The van der Waals surface area contributed by atoms with Crippen LogP contribution < -0.4 is 9.46 Å². The number of nitrogens with one attached hydrogen (secondary N) is 1. The molecule has 0 spiro atoms. The number of nitrogens with zero attached hydrogens (tertiary/aromatic N) is 4. The molecule has 1 aromatic carbocycles. The van der Waals surface area contributed by atoms with Gasteiger partial charge in [-0.3, -0.25) is 0 Å². The fourth-order valence-corrected chi connectivity index (χ4v) is 4.63. The number of tetrazole rings is 1. The third-order valence-electron chi connectivity index (χ3n) is 4.82. The maximum atomic E-state index is 12.9. The lowest BCUT2D eigenvalue weighted by molar-refractivity contribution is 0.251. The molecule has 3 rings (SSSR count). The number of methoxy groups -OCH3 is 1. The van der Waals surface area contributed by atoms with Crippen LogP contribution in [0.15, 0.2) is 29.4 Å². The third-order valence-corrected chi connectivity index (χ3v) is 6.31. The SMILES string of the molecule is COc1ccc(S(=O)(=O)N[C@@H]2C[C@@H](C)CC[C@@H]2C)cc1-n1cnnn1. The highest BCUT2D eigenvalue weighted by molar-refractivity contribution is 7.89. The van der Waals surface area contributed by atoms with Crippen molar-refractivity contribution in [2.45, 2.75) is 44.0 Å². The van der Waals surface area contributed by atoms with Crippen LogP contribution in [0.4, 0.5) is 0 Å². The van der Waals surface area contributed by atoms with Gasteiger partial charge in [0.2, 0.25) is 10.0 Å². The molecule has 8 nitrogen and oxygen atoms in total. The van der Waals surface area contributed by atoms with Crippen molar-refractivity contribution < 1.29 is 13.2 Å². The van der Waals surface area contributed by atoms with E-state index in [2.05, 4.69) is 34.1 Å². The molecule has 3 atom stereocenters. The predicted octanol–water partition coefficient (Wildman–Crippen LogP) is 1.77. The average molecular weight is 365 g/mol. The first kappa shape index (κ1) is 17.8. The zero-order valence-electron chi connectivity index (χ0n) is 14.6. The van der Waals surface area contributed by atoms with Crippen LogP contribution in [0.5, 0.6) is 5.75 Å². The Kier molecular flexibility index (Phi) is 5.05. The van der Waals surface area contributed by atoms with Crippen molar-refractivity contribution in [1.82, 2.24) is 24.9 Å². The lowest BCUT2D eigenvalue weighted by atomic mass is 9.81. The summed E-state index contributed by atoms with van der Waals surface area (Å²) in [6.45, 7) is 4.26. The first-order valence-corrected chi connectivity index (χ1v) is 9.82. The molecule has 0 aliphatic heterocycles. The summed E-state index contributed by atoms with van der Waals surface area (Å²) in [5.74, 6) is 1.34. The second kappa shape index (κ2) is 7.09. The molecule has 9 heteroatoms. The molecule has 136 valence electrons. The van der Waals surface area contributed by atoms with Crippen molar-refractivity contribution in [1.29, 1.82) is 0 Å². The molecular formula is C16H23N5O3S. The summed E-state index contributed by atoms with van der Waals surface area (Å²) < 4.78 is 35.3. The maximum Gasteiger partial charge on any atom is 0.240 e.